The molecule has 0 aliphatic carbocycles. The first-order chi connectivity index (χ1) is 8.63. The lowest BCUT2D eigenvalue weighted by atomic mass is 10.1. The van der Waals surface area contributed by atoms with E-state index in [4.69, 9.17) is 4.74 Å². The number of carbonyl (C=O) groups is 2. The zero-order valence-electron chi connectivity index (χ0n) is 11.1. The number of nitrogens with zero attached hydrogens (tertiary/aromatic N) is 1. The summed E-state index contributed by atoms with van der Waals surface area (Å²) in [5.41, 5.74) is 0. The highest BCUT2D eigenvalue weighted by Gasteiger charge is 2.38. The maximum atomic E-state index is 12.5. The molecule has 5 nitrogen and oxygen atoms in total. The van der Waals surface area contributed by atoms with Gasteiger partial charge in [-0.2, -0.15) is 0 Å². The molecule has 5 heteroatoms. The number of carbonyl (C=O) groups excluding carboxylic acids is 2. The molecule has 3 atom stereocenters. The molecule has 102 valence electrons. The van der Waals surface area contributed by atoms with Gasteiger partial charge in [0.1, 0.15) is 6.04 Å². The van der Waals surface area contributed by atoms with Crippen LogP contribution in [0.4, 0.5) is 0 Å². The van der Waals surface area contributed by atoms with Crippen LogP contribution in [0.5, 0.6) is 0 Å². The highest BCUT2D eigenvalue weighted by atomic mass is 16.5. The number of nitrogens with one attached hydrogen (secondary N) is 1. The van der Waals surface area contributed by atoms with E-state index in [1.54, 1.807) is 0 Å². The fourth-order valence-corrected chi connectivity index (χ4v) is 2.84. The van der Waals surface area contributed by atoms with E-state index in [9.17, 15) is 9.59 Å². The van der Waals surface area contributed by atoms with E-state index in [0.29, 0.717) is 26.1 Å². The Morgan fingerprint density at radius 1 is 1.44 bits per heavy atom. The van der Waals surface area contributed by atoms with Crippen molar-refractivity contribution in [1.29, 1.82) is 0 Å². The minimum absolute atomic E-state index is 0.0179. The second-order valence-corrected chi connectivity index (χ2v) is 5.22. The molecule has 3 unspecified atom stereocenters. The lowest BCUT2D eigenvalue weighted by Crippen LogP contribution is -2.51. The topological polar surface area (TPSA) is 58.6 Å². The van der Waals surface area contributed by atoms with Crippen LogP contribution in [0.15, 0.2) is 0 Å². The summed E-state index contributed by atoms with van der Waals surface area (Å²) in [6.45, 7) is 5.28. The van der Waals surface area contributed by atoms with Gasteiger partial charge in [0.05, 0.1) is 12.6 Å². The molecule has 0 saturated carbocycles. The summed E-state index contributed by atoms with van der Waals surface area (Å²) in [7, 11) is 0. The van der Waals surface area contributed by atoms with Crippen molar-refractivity contribution in [2.75, 3.05) is 13.2 Å². The van der Waals surface area contributed by atoms with Crippen LogP contribution in [0.25, 0.3) is 0 Å². The predicted molar refractivity (Wildman–Crippen MR) is 67.0 cm³/mol. The summed E-state index contributed by atoms with van der Waals surface area (Å²) in [6.07, 6.45) is 2.87. The molecule has 2 fully saturated rings. The van der Waals surface area contributed by atoms with Crippen LogP contribution in [-0.2, 0) is 14.3 Å². The van der Waals surface area contributed by atoms with Gasteiger partial charge in [-0.3, -0.25) is 9.59 Å². The highest BCUT2D eigenvalue weighted by molar-refractivity contribution is 5.90. The zero-order chi connectivity index (χ0) is 13.1. The SMILES string of the molecule is CCCC1NC(=O)CC(C)N(C2CCOC2)C1=O. The summed E-state index contributed by atoms with van der Waals surface area (Å²) >= 11 is 0. The van der Waals surface area contributed by atoms with Crippen LogP contribution in [0.3, 0.4) is 0 Å². The molecule has 0 aromatic carbocycles. The largest absolute Gasteiger partial charge is 0.379 e. The summed E-state index contributed by atoms with van der Waals surface area (Å²) in [6, 6.07) is -0.251. The average Bonchev–Trinajstić information content (AvgIpc) is 2.78. The Labute approximate surface area is 108 Å². The third-order valence-corrected chi connectivity index (χ3v) is 3.72. The van der Waals surface area contributed by atoms with E-state index in [-0.39, 0.29) is 29.9 Å². The Morgan fingerprint density at radius 2 is 2.22 bits per heavy atom. The molecule has 2 rings (SSSR count). The number of amides is 2. The first-order valence-corrected chi connectivity index (χ1v) is 6.82. The minimum atomic E-state index is -0.354. The Balaban J connectivity index is 2.17. The highest BCUT2D eigenvalue weighted by Crippen LogP contribution is 2.21. The monoisotopic (exact) mass is 254 g/mol. The fourth-order valence-electron chi connectivity index (χ4n) is 2.84. The Morgan fingerprint density at radius 3 is 2.83 bits per heavy atom. The van der Waals surface area contributed by atoms with Crippen molar-refractivity contribution >= 4 is 11.8 Å². The van der Waals surface area contributed by atoms with E-state index in [1.807, 2.05) is 18.7 Å². The number of hydrogen-bond acceptors (Lipinski definition) is 3. The van der Waals surface area contributed by atoms with Crippen molar-refractivity contribution in [3.8, 4) is 0 Å². The summed E-state index contributed by atoms with van der Waals surface area (Å²) in [4.78, 5) is 26.2. The molecule has 0 bridgehead atoms. The van der Waals surface area contributed by atoms with Gasteiger partial charge in [-0.1, -0.05) is 13.3 Å². The standard InChI is InChI=1S/C13H22N2O3/c1-3-4-11-13(17)15(10-5-6-18-8-10)9(2)7-12(16)14-11/h9-11H,3-8H2,1-2H3,(H,14,16). The van der Waals surface area contributed by atoms with Crippen molar-refractivity contribution in [3.05, 3.63) is 0 Å². The number of rotatable bonds is 3. The third kappa shape index (κ3) is 2.66. The Bertz CT molecular complexity index is 326. The molecule has 1 N–H and O–H groups in total. The quantitative estimate of drug-likeness (QED) is 0.806. The third-order valence-electron chi connectivity index (χ3n) is 3.72. The van der Waals surface area contributed by atoms with Crippen molar-refractivity contribution in [2.24, 2.45) is 0 Å². The van der Waals surface area contributed by atoms with Crippen LogP contribution in [0.2, 0.25) is 0 Å². The molecule has 2 aliphatic rings. The average molecular weight is 254 g/mol. The molecule has 18 heavy (non-hydrogen) atoms. The molecular weight excluding hydrogens is 232 g/mol. The maximum Gasteiger partial charge on any atom is 0.245 e. The molecule has 2 saturated heterocycles. The maximum absolute atomic E-state index is 12.5. The van der Waals surface area contributed by atoms with Gasteiger partial charge in [0.15, 0.2) is 0 Å². The molecule has 0 radical (unpaired) electrons. The minimum Gasteiger partial charge on any atom is -0.379 e. The summed E-state index contributed by atoms with van der Waals surface area (Å²) in [5, 5.41) is 2.84. The normalized spacial score (nSPS) is 33.4. The van der Waals surface area contributed by atoms with Gasteiger partial charge in [0.25, 0.3) is 0 Å². The summed E-state index contributed by atoms with van der Waals surface area (Å²) in [5.74, 6) is 0.0430. The smallest absolute Gasteiger partial charge is 0.245 e. The Hall–Kier alpha value is -1.10. The molecule has 2 amide bonds. The van der Waals surface area contributed by atoms with Crippen molar-refractivity contribution in [1.82, 2.24) is 10.2 Å². The first-order valence-electron chi connectivity index (χ1n) is 6.82. The number of ether oxygens (including phenoxy) is 1. The van der Waals surface area contributed by atoms with Crippen LogP contribution in [0, 0.1) is 0 Å². The van der Waals surface area contributed by atoms with Crippen molar-refractivity contribution in [3.63, 3.8) is 0 Å². The lowest BCUT2D eigenvalue weighted by Gasteiger charge is -2.33. The van der Waals surface area contributed by atoms with Gasteiger partial charge in [-0.05, 0) is 19.8 Å². The van der Waals surface area contributed by atoms with Gasteiger partial charge in [0.2, 0.25) is 11.8 Å². The van der Waals surface area contributed by atoms with E-state index in [2.05, 4.69) is 5.32 Å². The molecule has 0 spiro atoms. The fraction of sp³-hybridized carbons (Fsp3) is 0.846. The molecule has 0 aromatic heterocycles. The van der Waals surface area contributed by atoms with Crippen molar-refractivity contribution in [2.45, 2.75) is 57.7 Å². The van der Waals surface area contributed by atoms with Crippen LogP contribution in [0.1, 0.15) is 39.5 Å². The van der Waals surface area contributed by atoms with E-state index < -0.39 is 0 Å². The second-order valence-electron chi connectivity index (χ2n) is 5.22. The Kier molecular flexibility index (Phi) is 4.22. The van der Waals surface area contributed by atoms with E-state index >= 15 is 0 Å². The van der Waals surface area contributed by atoms with Crippen LogP contribution < -0.4 is 5.32 Å². The van der Waals surface area contributed by atoms with E-state index in [1.165, 1.54) is 0 Å². The summed E-state index contributed by atoms with van der Waals surface area (Å²) < 4.78 is 5.37. The molecule has 2 heterocycles. The number of hydrogen-bond donors (Lipinski definition) is 1. The lowest BCUT2D eigenvalue weighted by molar-refractivity contribution is -0.137. The zero-order valence-corrected chi connectivity index (χ0v) is 11.1. The van der Waals surface area contributed by atoms with Crippen LogP contribution in [-0.4, -0.2) is 48.1 Å². The van der Waals surface area contributed by atoms with Gasteiger partial charge >= 0.3 is 0 Å². The van der Waals surface area contributed by atoms with Crippen molar-refractivity contribution < 1.29 is 14.3 Å². The first kappa shape index (κ1) is 13.3. The predicted octanol–water partition coefficient (Wildman–Crippen LogP) is 0.681. The molecule has 2 aliphatic heterocycles. The molecule has 0 aromatic rings. The van der Waals surface area contributed by atoms with Gasteiger partial charge in [-0.15, -0.1) is 0 Å². The van der Waals surface area contributed by atoms with Gasteiger partial charge in [-0.25, -0.2) is 0 Å². The van der Waals surface area contributed by atoms with Crippen LogP contribution >= 0.6 is 0 Å². The van der Waals surface area contributed by atoms with Gasteiger partial charge in [0, 0.05) is 19.1 Å². The molecular formula is C13H22N2O3. The second kappa shape index (κ2) is 5.69. The van der Waals surface area contributed by atoms with Gasteiger partial charge < -0.3 is 15.0 Å². The van der Waals surface area contributed by atoms with E-state index in [0.717, 1.165) is 12.8 Å².